The summed E-state index contributed by atoms with van der Waals surface area (Å²) in [6.07, 6.45) is 14.9. The monoisotopic (exact) mass is 372 g/mol. The lowest BCUT2D eigenvalue weighted by atomic mass is 9.63. The van der Waals surface area contributed by atoms with Gasteiger partial charge >= 0.3 is 0 Å². The Morgan fingerprint density at radius 2 is 1.85 bits per heavy atom. The molecule has 0 aliphatic heterocycles. The van der Waals surface area contributed by atoms with Gasteiger partial charge < -0.3 is 0 Å². The van der Waals surface area contributed by atoms with E-state index < -0.39 is 0 Å². The first kappa shape index (κ1) is 19.2. The molecule has 0 nitrogen and oxygen atoms in total. The van der Waals surface area contributed by atoms with E-state index in [9.17, 15) is 4.39 Å². The van der Waals surface area contributed by atoms with Gasteiger partial charge in [-0.15, -0.1) is 0 Å². The molecule has 1 aromatic rings. The molecule has 0 aromatic heterocycles. The summed E-state index contributed by atoms with van der Waals surface area (Å²) < 4.78 is 27.9. The van der Waals surface area contributed by atoms with Crippen LogP contribution < -0.4 is 0 Å². The van der Waals surface area contributed by atoms with Crippen LogP contribution in [0.1, 0.15) is 87.3 Å². The summed E-state index contributed by atoms with van der Waals surface area (Å²) in [5, 5.41) is 0. The summed E-state index contributed by atoms with van der Waals surface area (Å²) in [4.78, 5) is 0. The maximum Gasteiger partial charge on any atom is 0.130 e. The van der Waals surface area contributed by atoms with E-state index >= 15 is 4.39 Å². The van der Waals surface area contributed by atoms with Gasteiger partial charge in [-0.1, -0.05) is 38.0 Å². The Bertz CT molecular complexity index is 677. The average molecular weight is 373 g/mol. The SMILES string of the molecule is CCCC1CCc2c(ccc(C3CCC4CC(/C=C/F)CCC4C3)c2F)C1. The van der Waals surface area contributed by atoms with Gasteiger partial charge in [-0.3, -0.25) is 0 Å². The van der Waals surface area contributed by atoms with Crippen LogP contribution in [-0.2, 0) is 12.8 Å². The predicted molar refractivity (Wildman–Crippen MR) is 108 cm³/mol. The van der Waals surface area contributed by atoms with Crippen LogP contribution >= 0.6 is 0 Å². The quantitative estimate of drug-likeness (QED) is 0.513. The van der Waals surface area contributed by atoms with Crippen LogP contribution in [-0.4, -0.2) is 0 Å². The molecule has 2 fully saturated rings. The highest BCUT2D eigenvalue weighted by Gasteiger charge is 2.36. The minimum atomic E-state index is 0.125. The maximum absolute atomic E-state index is 15.4. The van der Waals surface area contributed by atoms with Crippen LogP contribution in [0.25, 0.3) is 0 Å². The van der Waals surface area contributed by atoms with Crippen molar-refractivity contribution >= 4 is 0 Å². The van der Waals surface area contributed by atoms with Crippen molar-refractivity contribution in [1.82, 2.24) is 0 Å². The number of hydrogen-bond donors (Lipinski definition) is 0. The Balaban J connectivity index is 1.46. The van der Waals surface area contributed by atoms with Gasteiger partial charge in [0.05, 0.1) is 6.33 Å². The molecule has 0 saturated heterocycles. The second-order valence-electron chi connectivity index (χ2n) is 9.43. The van der Waals surface area contributed by atoms with Crippen molar-refractivity contribution in [3.63, 3.8) is 0 Å². The van der Waals surface area contributed by atoms with Gasteiger partial charge in [0.2, 0.25) is 0 Å². The molecular formula is C25H34F2. The first-order chi connectivity index (χ1) is 13.2. The standard InChI is InChI=1S/C25H34F2/c1-2-3-17-5-10-23-21(15-17)9-11-24(25(23)27)22-8-7-19-14-18(12-13-26)4-6-20(19)16-22/h9,11-13,17-20,22H,2-8,10,14-16H2,1H3/b13-12+. The third-order valence-corrected chi connectivity index (χ3v) is 7.82. The van der Waals surface area contributed by atoms with E-state index in [2.05, 4.69) is 19.1 Å². The summed E-state index contributed by atoms with van der Waals surface area (Å²) in [5.41, 5.74) is 3.29. The van der Waals surface area contributed by atoms with E-state index in [-0.39, 0.29) is 5.82 Å². The minimum absolute atomic E-state index is 0.125. The van der Waals surface area contributed by atoms with Crippen LogP contribution in [0.4, 0.5) is 8.78 Å². The molecule has 3 aliphatic rings. The molecule has 0 heterocycles. The summed E-state index contributed by atoms with van der Waals surface area (Å²) >= 11 is 0. The zero-order valence-corrected chi connectivity index (χ0v) is 16.7. The number of rotatable bonds is 4. The van der Waals surface area contributed by atoms with Crippen molar-refractivity contribution in [3.8, 4) is 0 Å². The second-order valence-corrected chi connectivity index (χ2v) is 9.43. The number of allylic oxidation sites excluding steroid dienone is 1. The average Bonchev–Trinajstić information content (AvgIpc) is 2.68. The Labute approximate surface area is 163 Å². The lowest BCUT2D eigenvalue weighted by molar-refractivity contribution is 0.132. The molecule has 2 heteroatoms. The Morgan fingerprint density at radius 1 is 1.04 bits per heavy atom. The molecule has 4 rings (SSSR count). The van der Waals surface area contributed by atoms with Crippen LogP contribution in [0.15, 0.2) is 24.5 Å². The molecule has 148 valence electrons. The van der Waals surface area contributed by atoms with Crippen molar-refractivity contribution in [2.45, 2.75) is 83.5 Å². The maximum atomic E-state index is 15.4. The van der Waals surface area contributed by atoms with Gasteiger partial charge in [0.25, 0.3) is 0 Å². The number of hydrogen-bond acceptors (Lipinski definition) is 0. The van der Waals surface area contributed by atoms with E-state index in [0.717, 1.165) is 68.3 Å². The van der Waals surface area contributed by atoms with Gasteiger partial charge in [0, 0.05) is 0 Å². The van der Waals surface area contributed by atoms with Gasteiger partial charge in [-0.25, -0.2) is 8.78 Å². The first-order valence-electron chi connectivity index (χ1n) is 11.3. The van der Waals surface area contributed by atoms with E-state index in [1.807, 2.05) is 0 Å². The third kappa shape index (κ3) is 4.00. The van der Waals surface area contributed by atoms with Gasteiger partial charge in [0.1, 0.15) is 5.82 Å². The zero-order chi connectivity index (χ0) is 18.8. The lowest BCUT2D eigenvalue weighted by Crippen LogP contribution is -2.30. The molecule has 5 atom stereocenters. The summed E-state index contributed by atoms with van der Waals surface area (Å²) in [6.45, 7) is 2.25. The molecule has 0 amide bonds. The molecule has 0 N–H and O–H groups in total. The fraction of sp³-hybridized carbons (Fsp3) is 0.680. The topological polar surface area (TPSA) is 0 Å². The van der Waals surface area contributed by atoms with Crippen LogP contribution in [0.2, 0.25) is 0 Å². The fourth-order valence-electron chi connectivity index (χ4n) is 6.36. The Kier molecular flexibility index (Phi) is 5.99. The van der Waals surface area contributed by atoms with Crippen molar-refractivity contribution < 1.29 is 8.78 Å². The minimum Gasteiger partial charge on any atom is -0.216 e. The van der Waals surface area contributed by atoms with Gasteiger partial charge in [-0.05, 0) is 104 Å². The molecular weight excluding hydrogens is 338 g/mol. The van der Waals surface area contributed by atoms with E-state index in [4.69, 9.17) is 0 Å². The normalized spacial score (nSPS) is 33.7. The van der Waals surface area contributed by atoms with Crippen molar-refractivity contribution in [3.05, 3.63) is 47.0 Å². The zero-order valence-electron chi connectivity index (χ0n) is 16.7. The van der Waals surface area contributed by atoms with E-state index in [1.54, 1.807) is 6.08 Å². The highest BCUT2D eigenvalue weighted by molar-refractivity contribution is 5.38. The third-order valence-electron chi connectivity index (χ3n) is 7.82. The second kappa shape index (κ2) is 8.45. The fourth-order valence-corrected chi connectivity index (χ4v) is 6.36. The van der Waals surface area contributed by atoms with E-state index in [0.29, 0.717) is 23.7 Å². The molecule has 2 saturated carbocycles. The van der Waals surface area contributed by atoms with Crippen molar-refractivity contribution in [2.24, 2.45) is 23.7 Å². The van der Waals surface area contributed by atoms with Crippen LogP contribution in [0, 0.1) is 29.5 Å². The lowest BCUT2D eigenvalue weighted by Gasteiger charge is -2.42. The first-order valence-corrected chi connectivity index (χ1v) is 11.3. The number of fused-ring (bicyclic) bond motifs is 2. The van der Waals surface area contributed by atoms with Crippen molar-refractivity contribution in [1.29, 1.82) is 0 Å². The molecule has 5 unspecified atom stereocenters. The molecule has 3 aliphatic carbocycles. The molecule has 0 spiro atoms. The summed E-state index contributed by atoms with van der Waals surface area (Å²) in [6, 6.07) is 4.36. The van der Waals surface area contributed by atoms with Gasteiger partial charge in [0.15, 0.2) is 0 Å². The highest BCUT2D eigenvalue weighted by Crippen LogP contribution is 2.48. The van der Waals surface area contributed by atoms with Gasteiger partial charge in [-0.2, -0.15) is 0 Å². The van der Waals surface area contributed by atoms with Crippen LogP contribution in [0.5, 0.6) is 0 Å². The summed E-state index contributed by atoms with van der Waals surface area (Å²) in [7, 11) is 0. The Hall–Kier alpha value is -1.18. The highest BCUT2D eigenvalue weighted by atomic mass is 19.1. The van der Waals surface area contributed by atoms with Crippen LogP contribution in [0.3, 0.4) is 0 Å². The largest absolute Gasteiger partial charge is 0.216 e. The van der Waals surface area contributed by atoms with E-state index in [1.165, 1.54) is 31.2 Å². The molecule has 0 bridgehead atoms. The number of benzene rings is 1. The Morgan fingerprint density at radius 3 is 2.67 bits per heavy atom. The molecule has 0 radical (unpaired) electrons. The molecule has 27 heavy (non-hydrogen) atoms. The smallest absolute Gasteiger partial charge is 0.130 e. The molecule has 1 aromatic carbocycles. The van der Waals surface area contributed by atoms with Crippen molar-refractivity contribution in [2.75, 3.05) is 0 Å². The summed E-state index contributed by atoms with van der Waals surface area (Å²) in [5.74, 6) is 3.10. The predicted octanol–water partition coefficient (Wildman–Crippen LogP) is 7.51. The number of halogens is 2.